The van der Waals surface area contributed by atoms with Crippen LogP contribution in [0.1, 0.15) is 11.1 Å². The van der Waals surface area contributed by atoms with E-state index >= 15 is 0 Å². The molecular weight excluding hydrogens is 435 g/mol. The molecule has 11 heteroatoms. The fourth-order valence-electron chi connectivity index (χ4n) is 3.31. The molecule has 2 aromatic carbocycles. The summed E-state index contributed by atoms with van der Waals surface area (Å²) in [6.45, 7) is 0.391. The third-order valence-electron chi connectivity index (χ3n) is 4.79. The number of amides is 1. The molecule has 0 fully saturated rings. The maximum absolute atomic E-state index is 13.2. The molecule has 2 heterocycles. The summed E-state index contributed by atoms with van der Waals surface area (Å²) >= 11 is 0. The zero-order valence-electron chi connectivity index (χ0n) is 17.6. The first-order valence-electron chi connectivity index (χ1n) is 9.93. The lowest BCUT2D eigenvalue weighted by Gasteiger charge is -2.17. The Bertz CT molecular complexity index is 1220. The number of nitrogens with one attached hydrogen (secondary N) is 1. The first kappa shape index (κ1) is 22.2. The summed E-state index contributed by atoms with van der Waals surface area (Å²) in [5, 5.41) is 10.8. The van der Waals surface area contributed by atoms with E-state index in [9.17, 15) is 18.0 Å². The van der Waals surface area contributed by atoms with Gasteiger partial charge in [0.05, 0.1) is 35.4 Å². The number of rotatable bonds is 7. The molecule has 0 bridgehead atoms. The number of nitrogens with zero attached hydrogens (tertiary/aromatic N) is 6. The lowest BCUT2D eigenvalue weighted by molar-refractivity contribution is -0.137. The number of benzene rings is 2. The number of carbonyl (C=O) groups excluding carboxylic acids is 1. The number of halogens is 3. The van der Waals surface area contributed by atoms with Crippen molar-refractivity contribution >= 4 is 11.6 Å². The van der Waals surface area contributed by atoms with Gasteiger partial charge in [0.15, 0.2) is 0 Å². The molecule has 0 aliphatic heterocycles. The molecule has 0 radical (unpaired) electrons. The minimum Gasteiger partial charge on any atom is -0.323 e. The van der Waals surface area contributed by atoms with Crippen molar-refractivity contribution in [2.75, 3.05) is 18.9 Å². The maximum atomic E-state index is 13.2. The van der Waals surface area contributed by atoms with Crippen molar-refractivity contribution in [3.05, 3.63) is 84.7 Å². The average molecular weight is 455 g/mol. The van der Waals surface area contributed by atoms with Gasteiger partial charge in [0, 0.05) is 18.3 Å². The standard InChI is InChI=1S/C22H20F3N7O/c1-30(11-16-10-27-31(12-16)18-5-3-2-4-6-18)13-21(33)29-19-9-17(22(23,24)25)7-8-20(19)32-15-26-14-28-32/h2-10,12,14-15H,11,13H2,1H3,(H,29,33). The number of carbonyl (C=O) groups is 1. The molecule has 0 aliphatic carbocycles. The first-order valence-corrected chi connectivity index (χ1v) is 9.93. The summed E-state index contributed by atoms with van der Waals surface area (Å²) in [5.41, 5.74) is 1.19. The zero-order chi connectivity index (χ0) is 23.4. The van der Waals surface area contributed by atoms with E-state index in [0.717, 1.165) is 23.4 Å². The maximum Gasteiger partial charge on any atom is 0.416 e. The van der Waals surface area contributed by atoms with E-state index < -0.39 is 17.6 Å². The highest BCUT2D eigenvalue weighted by atomic mass is 19.4. The fourth-order valence-corrected chi connectivity index (χ4v) is 3.31. The van der Waals surface area contributed by atoms with Crippen molar-refractivity contribution in [1.82, 2.24) is 29.4 Å². The van der Waals surface area contributed by atoms with Crippen molar-refractivity contribution in [3.63, 3.8) is 0 Å². The second kappa shape index (κ2) is 9.25. The monoisotopic (exact) mass is 455 g/mol. The van der Waals surface area contributed by atoms with Crippen molar-refractivity contribution in [2.45, 2.75) is 12.7 Å². The topological polar surface area (TPSA) is 80.9 Å². The molecule has 0 aliphatic rings. The van der Waals surface area contributed by atoms with Gasteiger partial charge in [0.1, 0.15) is 12.7 Å². The van der Waals surface area contributed by atoms with E-state index in [1.807, 2.05) is 36.5 Å². The van der Waals surface area contributed by atoms with E-state index in [1.54, 1.807) is 22.8 Å². The summed E-state index contributed by atoms with van der Waals surface area (Å²) in [4.78, 5) is 18.2. The van der Waals surface area contributed by atoms with Gasteiger partial charge >= 0.3 is 6.18 Å². The van der Waals surface area contributed by atoms with E-state index in [1.165, 1.54) is 23.4 Å². The number of hydrogen-bond donors (Lipinski definition) is 1. The van der Waals surface area contributed by atoms with Crippen LogP contribution in [-0.4, -0.2) is 48.9 Å². The summed E-state index contributed by atoms with van der Waals surface area (Å²) in [6, 6.07) is 12.7. The van der Waals surface area contributed by atoms with Crippen LogP contribution in [0.3, 0.4) is 0 Å². The van der Waals surface area contributed by atoms with Gasteiger partial charge in [-0.25, -0.2) is 14.3 Å². The SMILES string of the molecule is CN(CC(=O)Nc1cc(C(F)(F)F)ccc1-n1cncn1)Cc1cnn(-c2ccccc2)c1. The van der Waals surface area contributed by atoms with E-state index in [4.69, 9.17) is 0 Å². The molecule has 33 heavy (non-hydrogen) atoms. The molecule has 0 atom stereocenters. The molecule has 0 saturated carbocycles. The van der Waals surface area contributed by atoms with Gasteiger partial charge in [-0.1, -0.05) is 18.2 Å². The Morgan fingerprint density at radius 3 is 2.58 bits per heavy atom. The molecule has 0 saturated heterocycles. The molecule has 2 aromatic heterocycles. The minimum atomic E-state index is -4.55. The third kappa shape index (κ3) is 5.44. The molecular formula is C22H20F3N7O. The van der Waals surface area contributed by atoms with Crippen molar-refractivity contribution in [3.8, 4) is 11.4 Å². The predicted molar refractivity (Wildman–Crippen MR) is 115 cm³/mol. The Morgan fingerprint density at radius 1 is 1.09 bits per heavy atom. The Hall–Kier alpha value is -3.99. The highest BCUT2D eigenvalue weighted by Gasteiger charge is 2.31. The average Bonchev–Trinajstić information content (AvgIpc) is 3.46. The third-order valence-corrected chi connectivity index (χ3v) is 4.79. The summed E-state index contributed by atoms with van der Waals surface area (Å²) in [7, 11) is 1.74. The van der Waals surface area contributed by atoms with Gasteiger partial charge in [-0.15, -0.1) is 0 Å². The van der Waals surface area contributed by atoms with Crippen LogP contribution in [0.25, 0.3) is 11.4 Å². The van der Waals surface area contributed by atoms with Crippen LogP contribution in [0.5, 0.6) is 0 Å². The van der Waals surface area contributed by atoms with E-state index in [0.29, 0.717) is 6.54 Å². The first-order chi connectivity index (χ1) is 15.8. The number of hydrogen-bond acceptors (Lipinski definition) is 5. The number of alkyl halides is 3. The van der Waals surface area contributed by atoms with Crippen LogP contribution in [0.4, 0.5) is 18.9 Å². The van der Waals surface area contributed by atoms with Crippen molar-refractivity contribution < 1.29 is 18.0 Å². The highest BCUT2D eigenvalue weighted by molar-refractivity contribution is 5.94. The molecule has 4 rings (SSSR count). The molecule has 1 amide bonds. The summed E-state index contributed by atoms with van der Waals surface area (Å²) in [6.07, 6.45) is 1.62. The van der Waals surface area contributed by atoms with Gasteiger partial charge in [-0.3, -0.25) is 9.69 Å². The number of likely N-dealkylation sites (N-methyl/N-ethyl adjacent to an activating group) is 1. The van der Waals surface area contributed by atoms with Crippen LogP contribution in [-0.2, 0) is 17.5 Å². The zero-order valence-corrected chi connectivity index (χ0v) is 17.6. The lowest BCUT2D eigenvalue weighted by Crippen LogP contribution is -2.30. The normalized spacial score (nSPS) is 11.7. The van der Waals surface area contributed by atoms with Gasteiger partial charge in [-0.05, 0) is 37.4 Å². The fraction of sp³-hybridized carbons (Fsp3) is 0.182. The molecule has 4 aromatic rings. The van der Waals surface area contributed by atoms with Crippen LogP contribution >= 0.6 is 0 Å². The van der Waals surface area contributed by atoms with Crippen LogP contribution in [0.15, 0.2) is 73.6 Å². The number of para-hydroxylation sites is 1. The Morgan fingerprint density at radius 2 is 1.88 bits per heavy atom. The quantitative estimate of drug-likeness (QED) is 0.461. The van der Waals surface area contributed by atoms with Crippen LogP contribution < -0.4 is 5.32 Å². The highest BCUT2D eigenvalue weighted by Crippen LogP contribution is 2.33. The number of aromatic nitrogens is 5. The van der Waals surface area contributed by atoms with Crippen LogP contribution in [0, 0.1) is 0 Å². The molecule has 0 spiro atoms. The van der Waals surface area contributed by atoms with Crippen molar-refractivity contribution in [1.29, 1.82) is 0 Å². The smallest absolute Gasteiger partial charge is 0.323 e. The summed E-state index contributed by atoms with van der Waals surface area (Å²) < 4.78 is 42.6. The molecule has 8 nitrogen and oxygen atoms in total. The summed E-state index contributed by atoms with van der Waals surface area (Å²) in [5.74, 6) is -0.464. The van der Waals surface area contributed by atoms with Gasteiger partial charge < -0.3 is 5.32 Å². The van der Waals surface area contributed by atoms with Gasteiger partial charge in [-0.2, -0.15) is 23.4 Å². The minimum absolute atomic E-state index is 0.00868. The Labute approximate surface area is 187 Å². The van der Waals surface area contributed by atoms with Gasteiger partial charge in [0.2, 0.25) is 5.91 Å². The largest absolute Gasteiger partial charge is 0.416 e. The lowest BCUT2D eigenvalue weighted by atomic mass is 10.1. The van der Waals surface area contributed by atoms with Gasteiger partial charge in [0.25, 0.3) is 0 Å². The molecule has 170 valence electrons. The number of anilines is 1. The van der Waals surface area contributed by atoms with E-state index in [2.05, 4.69) is 20.5 Å². The Balaban J connectivity index is 1.44. The van der Waals surface area contributed by atoms with E-state index in [-0.39, 0.29) is 17.9 Å². The van der Waals surface area contributed by atoms with Crippen LogP contribution in [0.2, 0.25) is 0 Å². The molecule has 1 N–H and O–H groups in total. The second-order valence-corrected chi connectivity index (χ2v) is 7.42. The second-order valence-electron chi connectivity index (χ2n) is 7.42. The van der Waals surface area contributed by atoms with Crippen molar-refractivity contribution in [2.24, 2.45) is 0 Å². The predicted octanol–water partition coefficient (Wildman–Crippen LogP) is 3.54. The Kier molecular flexibility index (Phi) is 6.22. The molecule has 0 unspecified atom stereocenters.